The monoisotopic (exact) mass is 511 g/mol. The molecule has 2 aromatic rings. The number of carbonyl (C=O) groups excluding carboxylic acids is 1. The van der Waals surface area contributed by atoms with E-state index in [1.54, 1.807) is 25.3 Å². The third-order valence-electron chi connectivity index (χ3n) is 7.28. The first kappa shape index (κ1) is 25.0. The third-order valence-corrected chi connectivity index (χ3v) is 7.60. The number of benzene rings is 1. The van der Waals surface area contributed by atoms with Crippen molar-refractivity contribution >= 4 is 35.0 Å². The topological polar surface area (TPSA) is 90.0 Å². The Kier molecular flexibility index (Phi) is 7.76. The van der Waals surface area contributed by atoms with Gasteiger partial charge in [-0.05, 0) is 31.1 Å². The number of halogens is 1. The lowest BCUT2D eigenvalue weighted by Gasteiger charge is -2.41. The van der Waals surface area contributed by atoms with Gasteiger partial charge in [-0.25, -0.2) is 0 Å². The molecule has 192 valence electrons. The Hall–Kier alpha value is -2.65. The van der Waals surface area contributed by atoms with Crippen LogP contribution >= 0.6 is 11.6 Å². The van der Waals surface area contributed by atoms with E-state index in [-0.39, 0.29) is 18.6 Å². The van der Waals surface area contributed by atoms with Crippen molar-refractivity contribution in [1.82, 2.24) is 15.2 Å². The number of allylic oxidation sites excluding steroid dienone is 1. The van der Waals surface area contributed by atoms with E-state index in [9.17, 15) is 9.90 Å². The summed E-state index contributed by atoms with van der Waals surface area (Å²) in [7, 11) is 1.56. The van der Waals surface area contributed by atoms with E-state index in [0.717, 1.165) is 63.4 Å². The standard InChI is InChI=1S/C27H34ClN5O3/c1-36-24-16-18(6-7-20(24)28)30-25(35)17-23-26-22(8-9-29-23)31-21-5-3-2-4-19(21)27(26)33-12-10-32(11-13-33)14-15-34/h3,5-7,16,23,29,34H,2,4,8-15,17H2,1H3,(H,30,35). The maximum absolute atomic E-state index is 13.2. The number of hydrogen-bond acceptors (Lipinski definition) is 7. The molecule has 0 spiro atoms. The second kappa shape index (κ2) is 11.2. The van der Waals surface area contributed by atoms with E-state index < -0.39 is 0 Å². The first-order valence-electron chi connectivity index (χ1n) is 12.7. The maximum atomic E-state index is 13.2. The molecule has 3 heterocycles. The van der Waals surface area contributed by atoms with Crippen LogP contribution in [-0.2, 0) is 17.6 Å². The lowest BCUT2D eigenvalue weighted by atomic mass is 9.87. The maximum Gasteiger partial charge on any atom is 0.226 e. The fourth-order valence-corrected chi connectivity index (χ4v) is 5.73. The SMILES string of the molecule is COc1cc(NC(=O)CC2NCCc3nc4c(c(N5CCN(CCO)CC5)c32)CCC=C4)ccc1Cl. The Morgan fingerprint density at radius 1 is 1.28 bits per heavy atom. The molecule has 0 saturated carbocycles. The lowest BCUT2D eigenvalue weighted by Crippen LogP contribution is -2.48. The van der Waals surface area contributed by atoms with Gasteiger partial charge in [0.25, 0.3) is 0 Å². The summed E-state index contributed by atoms with van der Waals surface area (Å²) in [6.07, 6.45) is 7.48. The zero-order valence-corrected chi connectivity index (χ0v) is 21.5. The Morgan fingerprint density at radius 2 is 2.11 bits per heavy atom. The van der Waals surface area contributed by atoms with Crippen molar-refractivity contribution in [3.05, 3.63) is 51.8 Å². The molecule has 2 aliphatic heterocycles. The zero-order valence-electron chi connectivity index (χ0n) is 20.7. The predicted molar refractivity (Wildman–Crippen MR) is 143 cm³/mol. The van der Waals surface area contributed by atoms with Gasteiger partial charge in [-0.15, -0.1) is 0 Å². The van der Waals surface area contributed by atoms with Crippen molar-refractivity contribution in [3.63, 3.8) is 0 Å². The van der Waals surface area contributed by atoms with Crippen LogP contribution in [0.15, 0.2) is 24.3 Å². The fourth-order valence-electron chi connectivity index (χ4n) is 5.53. The number of aliphatic hydroxyl groups is 1. The molecule has 9 heteroatoms. The molecule has 1 fully saturated rings. The second-order valence-corrected chi connectivity index (χ2v) is 9.94. The number of β-amino-alcohol motifs (C(OH)–C–C–N with tert-alkyl or cyclic N) is 1. The Labute approximate surface area is 217 Å². The van der Waals surface area contributed by atoms with E-state index in [2.05, 4.69) is 32.6 Å². The average molecular weight is 512 g/mol. The molecule has 0 radical (unpaired) electrons. The molecule has 1 aromatic heterocycles. The number of aliphatic hydroxyl groups excluding tert-OH is 1. The first-order chi connectivity index (χ1) is 17.6. The minimum atomic E-state index is -0.114. The van der Waals surface area contributed by atoms with Crippen molar-refractivity contribution in [3.8, 4) is 5.75 Å². The predicted octanol–water partition coefficient (Wildman–Crippen LogP) is 3.03. The number of pyridine rings is 1. The molecule has 1 unspecified atom stereocenters. The van der Waals surface area contributed by atoms with Crippen molar-refractivity contribution in [1.29, 1.82) is 0 Å². The molecule has 1 aromatic carbocycles. The quantitative estimate of drug-likeness (QED) is 0.526. The van der Waals surface area contributed by atoms with Crippen LogP contribution in [0.3, 0.4) is 0 Å². The Morgan fingerprint density at radius 3 is 2.89 bits per heavy atom. The molecular weight excluding hydrogens is 478 g/mol. The number of nitrogens with one attached hydrogen (secondary N) is 2. The number of aromatic nitrogens is 1. The Bertz CT molecular complexity index is 1150. The third kappa shape index (κ3) is 5.22. The van der Waals surface area contributed by atoms with Crippen LogP contribution in [0.4, 0.5) is 11.4 Å². The molecule has 5 rings (SSSR count). The normalized spacial score (nSPS) is 19.5. The van der Waals surface area contributed by atoms with Crippen LogP contribution in [0, 0.1) is 0 Å². The largest absolute Gasteiger partial charge is 0.495 e. The van der Waals surface area contributed by atoms with Crippen LogP contribution in [0.1, 0.15) is 41.4 Å². The highest BCUT2D eigenvalue weighted by molar-refractivity contribution is 6.32. The summed E-state index contributed by atoms with van der Waals surface area (Å²) < 4.78 is 5.29. The molecule has 36 heavy (non-hydrogen) atoms. The number of fused-ring (bicyclic) bond motifs is 2. The van der Waals surface area contributed by atoms with Crippen molar-refractivity contribution in [2.75, 3.05) is 63.2 Å². The van der Waals surface area contributed by atoms with E-state index in [1.807, 2.05) is 0 Å². The number of carbonyl (C=O) groups is 1. The highest BCUT2D eigenvalue weighted by Crippen LogP contribution is 2.40. The van der Waals surface area contributed by atoms with Gasteiger partial charge in [0.15, 0.2) is 0 Å². The van der Waals surface area contributed by atoms with Gasteiger partial charge < -0.3 is 25.4 Å². The van der Waals surface area contributed by atoms with E-state index in [4.69, 9.17) is 21.3 Å². The molecule has 3 N–H and O–H groups in total. The van der Waals surface area contributed by atoms with Crippen LogP contribution < -0.4 is 20.3 Å². The first-order valence-corrected chi connectivity index (χ1v) is 13.1. The summed E-state index contributed by atoms with van der Waals surface area (Å²) in [6, 6.07) is 5.14. The summed E-state index contributed by atoms with van der Waals surface area (Å²) >= 11 is 6.14. The number of amides is 1. The van der Waals surface area contributed by atoms with E-state index >= 15 is 0 Å². The number of ether oxygens (including phenoxy) is 1. The van der Waals surface area contributed by atoms with Gasteiger partial charge in [0.1, 0.15) is 5.75 Å². The van der Waals surface area contributed by atoms with Crippen molar-refractivity contribution in [2.45, 2.75) is 31.7 Å². The van der Waals surface area contributed by atoms with Crippen LogP contribution in [0.2, 0.25) is 5.02 Å². The van der Waals surface area contributed by atoms with Crippen molar-refractivity contribution in [2.24, 2.45) is 0 Å². The minimum Gasteiger partial charge on any atom is -0.495 e. The second-order valence-electron chi connectivity index (χ2n) is 9.54. The molecular formula is C27H34ClN5O3. The molecule has 1 atom stereocenters. The summed E-state index contributed by atoms with van der Waals surface area (Å²) in [5.74, 6) is 0.461. The molecule has 3 aliphatic rings. The number of anilines is 2. The molecule has 8 nitrogen and oxygen atoms in total. The zero-order chi connectivity index (χ0) is 25.1. The van der Waals surface area contributed by atoms with Gasteiger partial charge in [-0.1, -0.05) is 17.7 Å². The number of methoxy groups -OCH3 is 1. The number of nitrogens with zero attached hydrogens (tertiary/aromatic N) is 3. The smallest absolute Gasteiger partial charge is 0.226 e. The summed E-state index contributed by atoms with van der Waals surface area (Å²) in [4.78, 5) is 23.0. The van der Waals surface area contributed by atoms with Gasteiger partial charge in [0.05, 0.1) is 24.4 Å². The average Bonchev–Trinajstić information content (AvgIpc) is 2.89. The summed E-state index contributed by atoms with van der Waals surface area (Å²) in [6.45, 7) is 5.32. The highest BCUT2D eigenvalue weighted by atomic mass is 35.5. The van der Waals surface area contributed by atoms with Gasteiger partial charge in [-0.3, -0.25) is 14.7 Å². The summed E-state index contributed by atoms with van der Waals surface area (Å²) in [5.41, 5.74) is 6.56. The number of piperazine rings is 1. The molecule has 1 amide bonds. The van der Waals surface area contributed by atoms with Gasteiger partial charge in [0, 0.05) is 92.4 Å². The summed E-state index contributed by atoms with van der Waals surface area (Å²) in [5, 5.41) is 16.5. The van der Waals surface area contributed by atoms with Crippen LogP contribution in [-0.4, -0.2) is 73.9 Å². The lowest BCUT2D eigenvalue weighted by molar-refractivity contribution is -0.116. The van der Waals surface area contributed by atoms with E-state index in [1.165, 1.54) is 16.8 Å². The highest BCUT2D eigenvalue weighted by Gasteiger charge is 2.33. The fraction of sp³-hybridized carbons (Fsp3) is 0.481. The molecule has 0 bridgehead atoms. The van der Waals surface area contributed by atoms with Crippen molar-refractivity contribution < 1.29 is 14.6 Å². The Balaban J connectivity index is 1.43. The van der Waals surface area contributed by atoms with Crippen LogP contribution in [0.5, 0.6) is 5.75 Å². The number of rotatable bonds is 7. The van der Waals surface area contributed by atoms with Gasteiger partial charge >= 0.3 is 0 Å². The van der Waals surface area contributed by atoms with Gasteiger partial charge in [0.2, 0.25) is 5.91 Å². The molecule has 1 aliphatic carbocycles. The van der Waals surface area contributed by atoms with E-state index in [0.29, 0.717) is 29.4 Å². The van der Waals surface area contributed by atoms with Crippen LogP contribution in [0.25, 0.3) is 6.08 Å². The molecule has 1 saturated heterocycles. The minimum absolute atomic E-state index is 0.0685. The number of hydrogen-bond donors (Lipinski definition) is 3. The van der Waals surface area contributed by atoms with Gasteiger partial charge in [-0.2, -0.15) is 0 Å².